The predicted octanol–water partition coefficient (Wildman–Crippen LogP) is 13.9. The van der Waals surface area contributed by atoms with E-state index in [1.165, 1.54) is 54.7 Å². The van der Waals surface area contributed by atoms with Crippen molar-refractivity contribution in [1.29, 1.82) is 0 Å². The second kappa shape index (κ2) is 15.7. The maximum absolute atomic E-state index is 5.25. The van der Waals surface area contributed by atoms with Gasteiger partial charge in [0.1, 0.15) is 5.84 Å². The van der Waals surface area contributed by atoms with Crippen LogP contribution in [0.15, 0.2) is 145 Å². The van der Waals surface area contributed by atoms with Crippen molar-refractivity contribution in [3.63, 3.8) is 0 Å². The molecule has 0 aliphatic heterocycles. The Bertz CT molecular complexity index is 2420. The van der Waals surface area contributed by atoms with E-state index in [1.807, 2.05) is 18.2 Å². The monoisotopic (exact) mass is 685 g/mol. The minimum absolute atomic E-state index is 0.835. The molecule has 0 aliphatic carbocycles. The lowest BCUT2D eigenvalue weighted by atomic mass is 9.99. The molecule has 0 fully saturated rings. The molecule has 0 saturated heterocycles. The number of aromatic nitrogens is 2. The first-order valence-electron chi connectivity index (χ1n) is 17.7. The third-order valence-corrected chi connectivity index (χ3v) is 10.3. The van der Waals surface area contributed by atoms with Gasteiger partial charge in [0, 0.05) is 43.8 Å². The number of para-hydroxylation sites is 1. The molecule has 0 radical (unpaired) electrons. The molecule has 0 amide bonds. The van der Waals surface area contributed by atoms with Gasteiger partial charge in [0.2, 0.25) is 0 Å². The van der Waals surface area contributed by atoms with Gasteiger partial charge in [0.05, 0.1) is 22.2 Å². The van der Waals surface area contributed by atoms with Crippen LogP contribution in [0.25, 0.3) is 61.2 Å². The number of allylic oxidation sites excluding steroid dienone is 7. The topological polar surface area (TPSA) is 22.2 Å². The van der Waals surface area contributed by atoms with Crippen LogP contribution in [0, 0.1) is 0 Å². The molecule has 0 spiro atoms. The molecule has 0 unspecified atom stereocenters. The van der Waals surface area contributed by atoms with Crippen molar-refractivity contribution in [1.82, 2.24) is 9.13 Å². The van der Waals surface area contributed by atoms with Gasteiger partial charge in [-0.05, 0) is 111 Å². The smallest absolute Gasteiger partial charge is 0.111 e. The van der Waals surface area contributed by atoms with E-state index >= 15 is 0 Å². The maximum Gasteiger partial charge on any atom is 0.111 e. The van der Waals surface area contributed by atoms with Crippen LogP contribution in [0.5, 0.6) is 0 Å². The minimum Gasteiger partial charge on any atom is -0.314 e. The number of aryl methyl sites for hydroxylation is 1. The lowest BCUT2D eigenvalue weighted by Gasteiger charge is -2.13. The summed E-state index contributed by atoms with van der Waals surface area (Å²) >= 11 is 1.76. The van der Waals surface area contributed by atoms with Crippen LogP contribution in [-0.2, 0) is 6.42 Å². The van der Waals surface area contributed by atoms with Gasteiger partial charge in [-0.25, -0.2) is 4.99 Å². The largest absolute Gasteiger partial charge is 0.314 e. The number of nitrogens with zero attached hydrogens (tertiary/aromatic N) is 3. The Morgan fingerprint density at radius 2 is 1.51 bits per heavy atom. The van der Waals surface area contributed by atoms with Gasteiger partial charge >= 0.3 is 0 Å². The summed E-state index contributed by atoms with van der Waals surface area (Å²) in [7, 11) is 0. The quantitative estimate of drug-likeness (QED) is 0.0413. The molecule has 0 bridgehead atoms. The Hall–Kier alpha value is -5.32. The summed E-state index contributed by atoms with van der Waals surface area (Å²) in [6, 6.07) is 28.8. The van der Waals surface area contributed by atoms with Crippen LogP contribution in [0.3, 0.4) is 0 Å². The van der Waals surface area contributed by atoms with Crippen LogP contribution in [-0.4, -0.2) is 20.7 Å². The van der Waals surface area contributed by atoms with Crippen LogP contribution in [0.4, 0.5) is 5.69 Å². The number of fused-ring (bicyclic) bond motifs is 4. The molecule has 6 aromatic rings. The molecule has 0 saturated carbocycles. The normalized spacial score (nSPS) is 12.6. The molecular formula is C47H47N3S. The molecule has 4 heteroatoms. The van der Waals surface area contributed by atoms with E-state index in [9.17, 15) is 0 Å². The van der Waals surface area contributed by atoms with Crippen molar-refractivity contribution in [2.45, 2.75) is 52.4 Å². The third-order valence-electron chi connectivity index (χ3n) is 9.27. The first kappa shape index (κ1) is 35.5. The summed E-state index contributed by atoms with van der Waals surface area (Å²) in [5.74, 6) is 1.75. The van der Waals surface area contributed by atoms with Crippen LogP contribution < -0.4 is 0 Å². The highest BCUT2D eigenvalue weighted by Gasteiger charge is 2.19. The number of aliphatic imine (C=N–C) groups is 1. The standard InChI is InChI=1S/C47H47N3S/c1-9-13-14-20-33(7)49-42(19-11-3)37(18-10-2)39-30-35(25-27-44(39)49)36-26-28-45-40(31-36)38-21-15-16-23-43(38)50(45)34(8)48-41-22-17-24-46(51-29-12-4)47(41)32(5)6/h9,11-17,19-28,30-31H,1,4-5,10,18,29H2,2-3,6-8H3/b14-13-,19-11-,33-20+,48-34?. The predicted molar refractivity (Wildman–Crippen MR) is 229 cm³/mol. The highest BCUT2D eigenvalue weighted by atomic mass is 32.2. The molecule has 6 rings (SSSR count). The summed E-state index contributed by atoms with van der Waals surface area (Å²) in [6.07, 6.45) is 16.4. The van der Waals surface area contributed by atoms with Gasteiger partial charge in [-0.2, -0.15) is 0 Å². The summed E-state index contributed by atoms with van der Waals surface area (Å²) in [4.78, 5) is 6.43. The third kappa shape index (κ3) is 6.89. The second-order valence-corrected chi connectivity index (χ2v) is 13.9. The fourth-order valence-corrected chi connectivity index (χ4v) is 8.06. The summed E-state index contributed by atoms with van der Waals surface area (Å²) in [6.45, 7) is 22.7. The molecule has 256 valence electrons. The van der Waals surface area contributed by atoms with Crippen molar-refractivity contribution in [3.05, 3.63) is 152 Å². The van der Waals surface area contributed by atoms with Crippen molar-refractivity contribution >= 4 is 73.3 Å². The summed E-state index contributed by atoms with van der Waals surface area (Å²) < 4.78 is 4.69. The Balaban J connectivity index is 1.51. The Morgan fingerprint density at radius 1 is 0.804 bits per heavy atom. The number of thioether (sulfide) groups is 1. The van der Waals surface area contributed by atoms with E-state index < -0.39 is 0 Å². The van der Waals surface area contributed by atoms with Gasteiger partial charge in [-0.15, -0.1) is 18.3 Å². The van der Waals surface area contributed by atoms with Gasteiger partial charge in [-0.3, -0.25) is 4.57 Å². The zero-order valence-corrected chi connectivity index (χ0v) is 31.4. The average Bonchev–Trinajstić information content (AvgIpc) is 3.62. The minimum atomic E-state index is 0.835. The van der Waals surface area contributed by atoms with Crippen LogP contribution >= 0.6 is 11.8 Å². The Morgan fingerprint density at radius 3 is 2.20 bits per heavy atom. The van der Waals surface area contributed by atoms with Gasteiger partial charge < -0.3 is 4.57 Å². The van der Waals surface area contributed by atoms with E-state index in [0.717, 1.165) is 52.3 Å². The van der Waals surface area contributed by atoms with Crippen molar-refractivity contribution in [3.8, 4) is 11.1 Å². The second-order valence-electron chi connectivity index (χ2n) is 12.9. The van der Waals surface area contributed by atoms with E-state index in [2.05, 4.69) is 167 Å². The SMILES string of the molecule is C=C/C=C\C=C(/C)n1c(/C=C\C)c(CCC)c2cc(-c3ccc4c(c3)c3ccccc3n4C(C)=Nc3cccc(SCC=C)c3C(=C)C)ccc21. The molecule has 2 aromatic heterocycles. The van der Waals surface area contributed by atoms with E-state index in [0.29, 0.717) is 0 Å². The lowest BCUT2D eigenvalue weighted by Crippen LogP contribution is -2.06. The highest BCUT2D eigenvalue weighted by Crippen LogP contribution is 2.39. The van der Waals surface area contributed by atoms with Crippen molar-refractivity contribution in [2.75, 3.05) is 5.75 Å². The molecule has 0 N–H and O–H groups in total. The van der Waals surface area contributed by atoms with E-state index in [4.69, 9.17) is 4.99 Å². The van der Waals surface area contributed by atoms with E-state index in [1.54, 1.807) is 11.8 Å². The van der Waals surface area contributed by atoms with E-state index in [-0.39, 0.29) is 0 Å². The first-order valence-corrected chi connectivity index (χ1v) is 18.7. The molecule has 2 heterocycles. The van der Waals surface area contributed by atoms with Crippen molar-refractivity contribution < 1.29 is 0 Å². The fourth-order valence-electron chi connectivity index (χ4n) is 7.16. The zero-order valence-electron chi connectivity index (χ0n) is 30.5. The molecule has 3 nitrogen and oxygen atoms in total. The zero-order chi connectivity index (χ0) is 36.1. The number of rotatable bonds is 12. The molecule has 0 atom stereocenters. The van der Waals surface area contributed by atoms with Gasteiger partial charge in [0.15, 0.2) is 0 Å². The maximum atomic E-state index is 5.25. The van der Waals surface area contributed by atoms with Crippen LogP contribution in [0.2, 0.25) is 0 Å². The number of benzene rings is 4. The summed E-state index contributed by atoms with van der Waals surface area (Å²) in [5.41, 5.74) is 12.7. The lowest BCUT2D eigenvalue weighted by molar-refractivity contribution is 0.919. The van der Waals surface area contributed by atoms with Crippen molar-refractivity contribution in [2.24, 2.45) is 4.99 Å². The number of hydrogen-bond donors (Lipinski definition) is 0. The Kier molecular flexibility index (Phi) is 10.9. The van der Waals surface area contributed by atoms with Crippen LogP contribution in [0.1, 0.15) is 57.9 Å². The molecule has 0 aliphatic rings. The molecule has 4 aromatic carbocycles. The first-order chi connectivity index (χ1) is 24.8. The summed E-state index contributed by atoms with van der Waals surface area (Å²) in [5, 5.41) is 3.72. The average molecular weight is 686 g/mol. The number of hydrogen-bond acceptors (Lipinski definition) is 2. The molecular weight excluding hydrogens is 639 g/mol. The van der Waals surface area contributed by atoms with Gasteiger partial charge in [0.25, 0.3) is 0 Å². The molecule has 51 heavy (non-hydrogen) atoms. The fraction of sp³-hybridized carbons (Fsp3) is 0.170. The highest BCUT2D eigenvalue weighted by molar-refractivity contribution is 7.99. The van der Waals surface area contributed by atoms with Gasteiger partial charge in [-0.1, -0.05) is 93.3 Å². The Labute approximate surface area is 307 Å².